The van der Waals surface area contributed by atoms with E-state index < -0.39 is 27.5 Å². The number of para-hydroxylation sites is 1. The summed E-state index contributed by atoms with van der Waals surface area (Å²) in [6.45, 7) is 8.76. The first-order valence-electron chi connectivity index (χ1n) is 9.58. The summed E-state index contributed by atoms with van der Waals surface area (Å²) in [4.78, 5) is 11.6. The van der Waals surface area contributed by atoms with Crippen molar-refractivity contribution in [1.29, 1.82) is 0 Å². The van der Waals surface area contributed by atoms with Crippen LogP contribution in [0.3, 0.4) is 0 Å². The first-order chi connectivity index (χ1) is 13.8. The summed E-state index contributed by atoms with van der Waals surface area (Å²) >= 11 is -2.62. The Balaban J connectivity index is 0.000000346. The fraction of sp³-hybridized carbons (Fsp3) is 0.611. The van der Waals surface area contributed by atoms with Gasteiger partial charge in [-0.3, -0.25) is 8.93 Å². The van der Waals surface area contributed by atoms with Crippen molar-refractivity contribution in [3.8, 4) is 0 Å². The Hall–Kier alpha value is -1.57. The predicted molar refractivity (Wildman–Crippen MR) is 116 cm³/mol. The number of piperidine rings is 1. The van der Waals surface area contributed by atoms with Crippen LogP contribution in [0, 0.1) is 0 Å². The number of benzene rings is 1. The van der Waals surface area contributed by atoms with Gasteiger partial charge < -0.3 is 15.0 Å². The Bertz CT molecular complexity index is 811. The Kier molecular flexibility index (Phi) is 10.3. The molecule has 1 aromatic rings. The zero-order valence-electron chi connectivity index (χ0n) is 17.6. The van der Waals surface area contributed by atoms with Crippen molar-refractivity contribution >= 4 is 33.2 Å². The minimum atomic E-state index is -3.53. The number of nitrogens with one attached hydrogen (secondary N) is 2. The van der Waals surface area contributed by atoms with Crippen LogP contribution in [0.25, 0.3) is 0 Å². The molecular formula is C18H31N4O6S2-. The molecule has 0 aliphatic carbocycles. The van der Waals surface area contributed by atoms with Crippen LogP contribution in [0.1, 0.15) is 63.5 Å². The highest BCUT2D eigenvalue weighted by atomic mass is 32.2. The molecule has 1 aliphatic heterocycles. The van der Waals surface area contributed by atoms with E-state index in [0.29, 0.717) is 31.6 Å². The third-order valence-corrected chi connectivity index (χ3v) is 6.01. The summed E-state index contributed by atoms with van der Waals surface area (Å²) in [5, 5.41) is 16.5. The van der Waals surface area contributed by atoms with Crippen LogP contribution < -0.4 is 15.2 Å². The van der Waals surface area contributed by atoms with Crippen molar-refractivity contribution in [3.05, 3.63) is 29.3 Å². The Morgan fingerprint density at radius 1 is 1.20 bits per heavy atom. The van der Waals surface area contributed by atoms with Gasteiger partial charge in [-0.15, -0.1) is 0 Å². The average molecular weight is 464 g/mol. The molecule has 1 atom stereocenters. The second kappa shape index (κ2) is 11.7. The molecule has 30 heavy (non-hydrogen) atoms. The lowest BCUT2D eigenvalue weighted by Gasteiger charge is -2.26. The highest BCUT2D eigenvalue weighted by Gasteiger charge is 2.23. The molecule has 0 saturated carbocycles. The molecule has 172 valence electrons. The molecular weight excluding hydrogens is 432 g/mol. The SMILES string of the molecule is CC(C)c1cccc(C(C)C)c1NC(=O)NS(=O)[O-].NS(=O)(=O)N1CCC(O)CC1. The van der Waals surface area contributed by atoms with Gasteiger partial charge in [-0.25, -0.2) is 9.93 Å². The number of anilines is 1. The normalized spacial score (nSPS) is 16.7. The highest BCUT2D eigenvalue weighted by Crippen LogP contribution is 2.32. The highest BCUT2D eigenvalue weighted by molar-refractivity contribution is 7.86. The number of amides is 2. The van der Waals surface area contributed by atoms with E-state index in [4.69, 9.17) is 10.2 Å². The second-order valence-electron chi connectivity index (χ2n) is 7.59. The number of carbonyl (C=O) groups is 1. The summed E-state index contributed by atoms with van der Waals surface area (Å²) in [6, 6.07) is 5.06. The largest absolute Gasteiger partial charge is 0.755 e. The maximum atomic E-state index is 11.6. The fourth-order valence-electron chi connectivity index (χ4n) is 3.01. The van der Waals surface area contributed by atoms with Crippen LogP contribution in [0.4, 0.5) is 10.5 Å². The van der Waals surface area contributed by atoms with Gasteiger partial charge in [0, 0.05) is 30.0 Å². The molecule has 2 amide bonds. The van der Waals surface area contributed by atoms with E-state index in [2.05, 4.69) is 5.32 Å². The van der Waals surface area contributed by atoms with E-state index >= 15 is 0 Å². The topological polar surface area (TPSA) is 165 Å². The van der Waals surface area contributed by atoms with E-state index in [9.17, 15) is 22.0 Å². The van der Waals surface area contributed by atoms with E-state index in [-0.39, 0.29) is 17.9 Å². The molecule has 1 heterocycles. The van der Waals surface area contributed by atoms with Gasteiger partial charge in [0.15, 0.2) is 0 Å². The number of nitrogens with two attached hydrogens (primary N) is 1. The zero-order valence-corrected chi connectivity index (χ0v) is 19.3. The third-order valence-electron chi connectivity index (χ3n) is 4.57. The summed E-state index contributed by atoms with van der Waals surface area (Å²) < 4.78 is 45.3. The Labute approximate surface area is 180 Å². The lowest BCUT2D eigenvalue weighted by Crippen LogP contribution is -2.43. The van der Waals surface area contributed by atoms with Gasteiger partial charge in [-0.2, -0.15) is 12.7 Å². The summed E-state index contributed by atoms with van der Waals surface area (Å²) in [5.41, 5.74) is 2.66. The van der Waals surface area contributed by atoms with E-state index in [0.717, 1.165) is 11.1 Å². The average Bonchev–Trinajstić information content (AvgIpc) is 2.60. The van der Waals surface area contributed by atoms with Gasteiger partial charge in [0.1, 0.15) is 0 Å². The number of aliphatic hydroxyl groups is 1. The van der Waals surface area contributed by atoms with Crippen LogP contribution in [-0.2, 0) is 21.5 Å². The predicted octanol–water partition coefficient (Wildman–Crippen LogP) is 1.50. The maximum Gasteiger partial charge on any atom is 0.330 e. The van der Waals surface area contributed by atoms with Crippen molar-refractivity contribution in [1.82, 2.24) is 9.03 Å². The number of nitrogens with zero attached hydrogens (tertiary/aromatic N) is 1. The molecule has 0 bridgehead atoms. The standard InChI is InChI=1S/C13H20N2O3S.C5H12N2O3S/c1-8(2)10-6-5-7-11(9(3)4)12(10)14-13(16)15-19(17)18;6-11(9,10)7-3-1-5(8)2-4-7/h5-9H,1-4H3,(H,17,18)(H2,14,15,16);5,8H,1-4H2,(H2,6,9,10)/p-1. The molecule has 1 aliphatic rings. The van der Waals surface area contributed by atoms with Crippen molar-refractivity contribution < 1.29 is 27.1 Å². The number of hydrogen-bond acceptors (Lipinski definition) is 6. The first-order valence-corrected chi connectivity index (χ1v) is 12.2. The zero-order chi connectivity index (χ0) is 23.1. The molecule has 1 unspecified atom stereocenters. The number of urea groups is 1. The van der Waals surface area contributed by atoms with Crippen LogP contribution in [-0.4, -0.2) is 51.8 Å². The Morgan fingerprint density at radius 2 is 1.67 bits per heavy atom. The third kappa shape index (κ3) is 8.66. The van der Waals surface area contributed by atoms with Crippen LogP contribution in [0.5, 0.6) is 0 Å². The van der Waals surface area contributed by atoms with Crippen molar-refractivity contribution in [2.24, 2.45) is 5.14 Å². The number of aliphatic hydroxyl groups excluding tert-OH is 1. The Morgan fingerprint density at radius 3 is 2.03 bits per heavy atom. The van der Waals surface area contributed by atoms with Gasteiger partial charge >= 0.3 is 6.03 Å². The van der Waals surface area contributed by atoms with Gasteiger partial charge in [-0.05, 0) is 35.8 Å². The van der Waals surface area contributed by atoms with E-state index in [1.165, 1.54) is 4.31 Å². The molecule has 0 radical (unpaired) electrons. The smallest absolute Gasteiger partial charge is 0.330 e. The monoisotopic (exact) mass is 463 g/mol. The summed E-state index contributed by atoms with van der Waals surface area (Å²) in [6.07, 6.45) is 0.598. The lowest BCUT2D eigenvalue weighted by molar-refractivity contribution is 0.113. The minimum absolute atomic E-state index is 0.228. The molecule has 1 aromatic carbocycles. The summed E-state index contributed by atoms with van der Waals surface area (Å²) in [7, 11) is -3.53. The molecule has 10 nitrogen and oxygen atoms in total. The minimum Gasteiger partial charge on any atom is -0.755 e. The molecule has 1 fully saturated rings. The van der Waals surface area contributed by atoms with Gasteiger partial charge in [-0.1, -0.05) is 45.9 Å². The maximum absolute atomic E-state index is 11.6. The quantitative estimate of drug-likeness (QED) is 0.483. The molecule has 0 aromatic heterocycles. The van der Waals surface area contributed by atoms with Crippen molar-refractivity contribution in [2.45, 2.75) is 58.5 Å². The first kappa shape index (κ1) is 26.5. The van der Waals surface area contributed by atoms with Gasteiger partial charge in [0.2, 0.25) is 0 Å². The molecule has 12 heteroatoms. The van der Waals surface area contributed by atoms with Crippen LogP contribution >= 0.6 is 0 Å². The molecule has 0 spiro atoms. The van der Waals surface area contributed by atoms with E-state index in [1.54, 1.807) is 4.72 Å². The summed E-state index contributed by atoms with van der Waals surface area (Å²) in [5.74, 6) is 0.457. The lowest BCUT2D eigenvalue weighted by atomic mass is 9.93. The molecule has 2 rings (SSSR count). The fourth-order valence-corrected chi connectivity index (χ4v) is 3.93. The van der Waals surface area contributed by atoms with Crippen LogP contribution in [0.15, 0.2) is 18.2 Å². The van der Waals surface area contributed by atoms with Crippen LogP contribution in [0.2, 0.25) is 0 Å². The number of rotatable bonds is 5. The number of carbonyl (C=O) groups excluding carboxylic acids is 1. The molecule has 5 N–H and O–H groups in total. The van der Waals surface area contributed by atoms with Crippen molar-refractivity contribution in [2.75, 3.05) is 18.4 Å². The van der Waals surface area contributed by atoms with Gasteiger partial charge in [0.05, 0.1) is 6.10 Å². The van der Waals surface area contributed by atoms with Gasteiger partial charge in [0.25, 0.3) is 10.2 Å². The second-order valence-corrected chi connectivity index (χ2v) is 9.81. The van der Waals surface area contributed by atoms with Crippen molar-refractivity contribution in [3.63, 3.8) is 0 Å². The van der Waals surface area contributed by atoms with E-state index in [1.807, 2.05) is 45.9 Å². The molecule has 1 saturated heterocycles. The number of hydrogen-bond donors (Lipinski definition) is 4.